The summed E-state index contributed by atoms with van der Waals surface area (Å²) in [5.74, 6) is -0.321. The molecule has 0 saturated carbocycles. The summed E-state index contributed by atoms with van der Waals surface area (Å²) in [6.07, 6.45) is 0.340. The molecule has 1 aromatic heterocycles. The van der Waals surface area contributed by atoms with Gasteiger partial charge in [-0.1, -0.05) is 63.2 Å². The Balaban J connectivity index is 1.64. The Morgan fingerprint density at radius 2 is 1.68 bits per heavy atom. The number of carbonyl (C=O) groups excluding carboxylic acids is 1. The number of nitrogens with zero attached hydrogens (tertiary/aromatic N) is 1. The van der Waals surface area contributed by atoms with E-state index in [4.69, 9.17) is 0 Å². The molecule has 3 aromatic rings. The van der Waals surface area contributed by atoms with E-state index in [0.717, 1.165) is 11.1 Å². The highest BCUT2D eigenvalue weighted by molar-refractivity contribution is 7.91. The quantitative estimate of drug-likeness (QED) is 0.616. The molecule has 31 heavy (non-hydrogen) atoms. The molecule has 0 fully saturated rings. The number of benzene rings is 2. The van der Waals surface area contributed by atoms with Crippen LogP contribution >= 0.6 is 11.3 Å². The molecule has 0 aliphatic carbocycles. The van der Waals surface area contributed by atoms with Gasteiger partial charge in [0.1, 0.15) is 10.3 Å². The van der Waals surface area contributed by atoms with E-state index < -0.39 is 16.1 Å². The first kappa shape index (κ1) is 21.7. The molecule has 4 rings (SSSR count). The number of amides is 1. The molecule has 1 aliphatic heterocycles. The van der Waals surface area contributed by atoms with Crippen molar-refractivity contribution >= 4 is 33.0 Å². The van der Waals surface area contributed by atoms with Crippen LogP contribution in [0.2, 0.25) is 0 Å². The summed E-state index contributed by atoms with van der Waals surface area (Å²) in [4.78, 5) is 13.3. The van der Waals surface area contributed by atoms with Crippen molar-refractivity contribution in [1.29, 1.82) is 0 Å². The molecule has 5 nitrogen and oxygen atoms in total. The van der Waals surface area contributed by atoms with Crippen LogP contribution in [0.3, 0.4) is 0 Å². The van der Waals surface area contributed by atoms with Gasteiger partial charge < -0.3 is 5.32 Å². The average molecular weight is 455 g/mol. The Morgan fingerprint density at radius 3 is 2.29 bits per heavy atom. The van der Waals surface area contributed by atoms with Gasteiger partial charge in [-0.05, 0) is 52.1 Å². The van der Waals surface area contributed by atoms with Gasteiger partial charge in [-0.2, -0.15) is 4.31 Å². The molecule has 162 valence electrons. The Hall–Kier alpha value is -2.48. The van der Waals surface area contributed by atoms with Gasteiger partial charge in [0, 0.05) is 12.2 Å². The zero-order chi connectivity index (χ0) is 22.2. The van der Waals surface area contributed by atoms with Crippen LogP contribution in [0.5, 0.6) is 0 Å². The van der Waals surface area contributed by atoms with Gasteiger partial charge in [0.15, 0.2) is 0 Å². The Kier molecular flexibility index (Phi) is 5.77. The number of nitrogens with one attached hydrogen (secondary N) is 1. The van der Waals surface area contributed by atoms with Crippen LogP contribution in [0.4, 0.5) is 5.69 Å². The summed E-state index contributed by atoms with van der Waals surface area (Å²) in [5, 5.41) is 4.66. The molecular formula is C24H26N2O3S2. The molecule has 1 amide bonds. The Labute approximate surface area is 187 Å². The molecule has 1 aliphatic rings. The highest BCUT2D eigenvalue weighted by atomic mass is 32.2. The second kappa shape index (κ2) is 8.22. The highest BCUT2D eigenvalue weighted by Gasteiger charge is 2.40. The molecule has 0 spiro atoms. The second-order valence-corrected chi connectivity index (χ2v) is 11.9. The van der Waals surface area contributed by atoms with Gasteiger partial charge in [-0.25, -0.2) is 8.42 Å². The van der Waals surface area contributed by atoms with Crippen molar-refractivity contribution in [2.75, 3.05) is 5.32 Å². The number of fused-ring (bicyclic) bond motifs is 1. The lowest BCUT2D eigenvalue weighted by Gasteiger charge is -2.34. The number of hydrogen-bond acceptors (Lipinski definition) is 4. The normalized spacial score (nSPS) is 17.2. The standard InChI is InChI=1S/C24H26N2O3S2/c1-24(2,3)19-10-12-20(13-11-19)25-23(27)21-15-17-7-4-5-8-18(17)16-26(21)31(28,29)22-9-6-14-30-22/h4-14,21H,15-16H2,1-3H3,(H,25,27)/t21-/m0/s1. The first-order valence-electron chi connectivity index (χ1n) is 10.2. The minimum atomic E-state index is -3.78. The van der Waals surface area contributed by atoms with E-state index in [1.54, 1.807) is 17.5 Å². The van der Waals surface area contributed by atoms with Crippen molar-refractivity contribution < 1.29 is 13.2 Å². The van der Waals surface area contributed by atoms with E-state index in [0.29, 0.717) is 12.1 Å². The fourth-order valence-electron chi connectivity index (χ4n) is 3.78. The smallest absolute Gasteiger partial charge is 0.253 e. The first-order valence-corrected chi connectivity index (χ1v) is 12.5. The molecule has 2 heterocycles. The van der Waals surface area contributed by atoms with E-state index in [9.17, 15) is 13.2 Å². The molecule has 7 heteroatoms. The third-order valence-electron chi connectivity index (χ3n) is 5.58. The minimum absolute atomic E-state index is 0.0151. The summed E-state index contributed by atoms with van der Waals surface area (Å²) in [6, 6.07) is 17.9. The van der Waals surface area contributed by atoms with E-state index in [1.807, 2.05) is 48.5 Å². The molecule has 0 bridgehead atoms. The SMILES string of the molecule is CC(C)(C)c1ccc(NC(=O)[C@@H]2Cc3ccccc3CN2S(=O)(=O)c2cccs2)cc1. The number of anilines is 1. The summed E-state index contributed by atoms with van der Waals surface area (Å²) >= 11 is 1.17. The number of thiophene rings is 1. The molecule has 0 saturated heterocycles. The third-order valence-corrected chi connectivity index (χ3v) is 8.81. The lowest BCUT2D eigenvalue weighted by molar-refractivity contribution is -0.120. The highest BCUT2D eigenvalue weighted by Crippen LogP contribution is 2.31. The van der Waals surface area contributed by atoms with Crippen LogP contribution in [-0.4, -0.2) is 24.7 Å². The lowest BCUT2D eigenvalue weighted by atomic mass is 9.87. The fourth-order valence-corrected chi connectivity index (χ4v) is 6.46. The van der Waals surface area contributed by atoms with Crippen LogP contribution in [0, 0.1) is 0 Å². The largest absolute Gasteiger partial charge is 0.325 e. The molecule has 1 atom stereocenters. The fraction of sp³-hybridized carbons (Fsp3) is 0.292. The minimum Gasteiger partial charge on any atom is -0.325 e. The Bertz CT molecular complexity index is 1180. The molecule has 1 N–H and O–H groups in total. The van der Waals surface area contributed by atoms with Crippen LogP contribution in [0.15, 0.2) is 70.3 Å². The molecule has 0 unspecified atom stereocenters. The van der Waals surface area contributed by atoms with Crippen LogP contribution in [0.25, 0.3) is 0 Å². The van der Waals surface area contributed by atoms with E-state index in [2.05, 4.69) is 26.1 Å². The van der Waals surface area contributed by atoms with Crippen molar-refractivity contribution in [3.8, 4) is 0 Å². The predicted octanol–water partition coefficient (Wildman–Crippen LogP) is 4.80. The molecule has 0 radical (unpaired) electrons. The van der Waals surface area contributed by atoms with Gasteiger partial charge >= 0.3 is 0 Å². The number of rotatable bonds is 4. The van der Waals surface area contributed by atoms with Crippen molar-refractivity contribution in [1.82, 2.24) is 4.31 Å². The zero-order valence-electron chi connectivity index (χ0n) is 17.8. The summed E-state index contributed by atoms with van der Waals surface area (Å²) in [5.41, 5.74) is 3.77. The maximum absolute atomic E-state index is 13.3. The average Bonchev–Trinajstić information content (AvgIpc) is 3.28. The maximum atomic E-state index is 13.3. The summed E-state index contributed by atoms with van der Waals surface area (Å²) in [6.45, 7) is 6.57. The Morgan fingerprint density at radius 1 is 1.00 bits per heavy atom. The van der Waals surface area contributed by atoms with Gasteiger partial charge in [0.25, 0.3) is 10.0 Å². The number of carbonyl (C=O) groups is 1. The van der Waals surface area contributed by atoms with Crippen molar-refractivity contribution in [3.05, 3.63) is 82.7 Å². The van der Waals surface area contributed by atoms with Crippen molar-refractivity contribution in [3.63, 3.8) is 0 Å². The van der Waals surface area contributed by atoms with Crippen LogP contribution in [0.1, 0.15) is 37.5 Å². The van der Waals surface area contributed by atoms with Gasteiger partial charge in [0.05, 0.1) is 0 Å². The number of hydrogen-bond donors (Lipinski definition) is 1. The predicted molar refractivity (Wildman–Crippen MR) is 125 cm³/mol. The molecule has 2 aromatic carbocycles. The summed E-state index contributed by atoms with van der Waals surface area (Å²) in [7, 11) is -3.78. The van der Waals surface area contributed by atoms with E-state index >= 15 is 0 Å². The third kappa shape index (κ3) is 4.44. The lowest BCUT2D eigenvalue weighted by Crippen LogP contribution is -2.50. The summed E-state index contributed by atoms with van der Waals surface area (Å²) < 4.78 is 28.3. The topological polar surface area (TPSA) is 66.5 Å². The van der Waals surface area contributed by atoms with Gasteiger partial charge in [0.2, 0.25) is 5.91 Å². The first-order chi connectivity index (χ1) is 14.7. The zero-order valence-corrected chi connectivity index (χ0v) is 19.5. The van der Waals surface area contributed by atoms with Crippen LogP contribution < -0.4 is 5.32 Å². The van der Waals surface area contributed by atoms with E-state index in [1.165, 1.54) is 21.2 Å². The van der Waals surface area contributed by atoms with E-state index in [-0.39, 0.29) is 22.1 Å². The van der Waals surface area contributed by atoms with Gasteiger partial charge in [-0.3, -0.25) is 4.79 Å². The van der Waals surface area contributed by atoms with Gasteiger partial charge in [-0.15, -0.1) is 11.3 Å². The monoisotopic (exact) mass is 454 g/mol. The van der Waals surface area contributed by atoms with Crippen LogP contribution in [-0.2, 0) is 33.2 Å². The maximum Gasteiger partial charge on any atom is 0.253 e. The number of sulfonamides is 1. The van der Waals surface area contributed by atoms with Crippen molar-refractivity contribution in [2.45, 2.75) is 49.4 Å². The van der Waals surface area contributed by atoms with Crippen molar-refractivity contribution in [2.24, 2.45) is 0 Å². The second-order valence-electron chi connectivity index (χ2n) is 8.79. The molecular weight excluding hydrogens is 428 g/mol.